The molecule has 2 rings (SSSR count). The third-order valence-electron chi connectivity index (χ3n) is 3.65. The fourth-order valence-electron chi connectivity index (χ4n) is 2.32. The predicted molar refractivity (Wildman–Crippen MR) is 89.7 cm³/mol. The summed E-state index contributed by atoms with van der Waals surface area (Å²) in [4.78, 5) is 12.0. The van der Waals surface area contributed by atoms with Gasteiger partial charge in [0.1, 0.15) is 17.3 Å². The maximum absolute atomic E-state index is 13.5. The van der Waals surface area contributed by atoms with Crippen LogP contribution in [0.25, 0.3) is 0 Å². The molecule has 24 heavy (non-hydrogen) atoms. The van der Waals surface area contributed by atoms with E-state index in [0.717, 1.165) is 5.56 Å². The van der Waals surface area contributed by atoms with Gasteiger partial charge in [0, 0.05) is 17.7 Å². The van der Waals surface area contributed by atoms with Crippen LogP contribution in [0.15, 0.2) is 42.5 Å². The van der Waals surface area contributed by atoms with Crippen LogP contribution in [0, 0.1) is 5.82 Å². The number of benzene rings is 2. The van der Waals surface area contributed by atoms with Crippen molar-refractivity contribution < 1.29 is 18.7 Å². The molecular weight excluding hydrogens is 311 g/mol. The van der Waals surface area contributed by atoms with Gasteiger partial charge in [-0.25, -0.2) is 9.18 Å². The zero-order valence-electron chi connectivity index (χ0n) is 13.9. The van der Waals surface area contributed by atoms with Gasteiger partial charge in [-0.1, -0.05) is 18.2 Å². The molecule has 2 aromatic rings. The summed E-state index contributed by atoms with van der Waals surface area (Å²) in [5, 5.41) is 5.45. The molecule has 0 bridgehead atoms. The fraction of sp³-hybridized carbons (Fsp3) is 0.278. The summed E-state index contributed by atoms with van der Waals surface area (Å²) >= 11 is 0. The lowest BCUT2D eigenvalue weighted by atomic mass is 10.1. The second-order valence-corrected chi connectivity index (χ2v) is 5.25. The van der Waals surface area contributed by atoms with Crippen LogP contribution in [0.1, 0.15) is 24.1 Å². The summed E-state index contributed by atoms with van der Waals surface area (Å²) in [7, 11) is 3.14. The second-order valence-electron chi connectivity index (χ2n) is 5.25. The van der Waals surface area contributed by atoms with Crippen molar-refractivity contribution in [2.75, 3.05) is 14.2 Å². The van der Waals surface area contributed by atoms with E-state index in [4.69, 9.17) is 9.47 Å². The maximum Gasteiger partial charge on any atom is 0.315 e. The van der Waals surface area contributed by atoms with E-state index in [1.807, 2.05) is 6.92 Å². The Labute approximate surface area is 140 Å². The summed E-state index contributed by atoms with van der Waals surface area (Å²) in [5.41, 5.74) is 1.22. The molecule has 6 heteroatoms. The highest BCUT2D eigenvalue weighted by atomic mass is 19.1. The second kappa shape index (κ2) is 8.19. The Bertz CT molecular complexity index is 706. The number of rotatable bonds is 6. The number of methoxy groups -OCH3 is 2. The van der Waals surface area contributed by atoms with Crippen LogP contribution in [-0.4, -0.2) is 20.3 Å². The van der Waals surface area contributed by atoms with Crippen molar-refractivity contribution in [3.05, 3.63) is 59.4 Å². The van der Waals surface area contributed by atoms with Crippen molar-refractivity contribution in [2.24, 2.45) is 0 Å². The molecule has 5 nitrogen and oxygen atoms in total. The smallest absolute Gasteiger partial charge is 0.315 e. The van der Waals surface area contributed by atoms with Crippen molar-refractivity contribution in [1.82, 2.24) is 10.6 Å². The van der Waals surface area contributed by atoms with Gasteiger partial charge in [0.15, 0.2) is 0 Å². The van der Waals surface area contributed by atoms with Gasteiger partial charge in [-0.05, 0) is 31.2 Å². The quantitative estimate of drug-likeness (QED) is 0.852. The van der Waals surface area contributed by atoms with Crippen LogP contribution in [0.5, 0.6) is 11.5 Å². The first-order valence-corrected chi connectivity index (χ1v) is 7.55. The Balaban J connectivity index is 2.00. The molecule has 0 fully saturated rings. The molecule has 0 heterocycles. The molecule has 128 valence electrons. The van der Waals surface area contributed by atoms with Gasteiger partial charge in [-0.15, -0.1) is 0 Å². The Hall–Kier alpha value is -2.76. The van der Waals surface area contributed by atoms with Crippen LogP contribution >= 0.6 is 0 Å². The molecule has 0 radical (unpaired) electrons. The van der Waals surface area contributed by atoms with E-state index in [-0.39, 0.29) is 18.4 Å². The van der Waals surface area contributed by atoms with Gasteiger partial charge in [0.25, 0.3) is 0 Å². The Kier molecular flexibility index (Phi) is 6.01. The highest BCUT2D eigenvalue weighted by molar-refractivity contribution is 5.74. The first-order valence-electron chi connectivity index (χ1n) is 7.55. The number of carbonyl (C=O) groups excluding carboxylic acids is 1. The van der Waals surface area contributed by atoms with Crippen LogP contribution < -0.4 is 20.1 Å². The van der Waals surface area contributed by atoms with Crippen molar-refractivity contribution in [3.63, 3.8) is 0 Å². The van der Waals surface area contributed by atoms with Gasteiger partial charge in [0.05, 0.1) is 20.3 Å². The van der Waals surface area contributed by atoms with Crippen molar-refractivity contribution >= 4 is 6.03 Å². The van der Waals surface area contributed by atoms with Crippen LogP contribution in [0.2, 0.25) is 0 Å². The summed E-state index contributed by atoms with van der Waals surface area (Å²) in [5.74, 6) is 0.976. The third kappa shape index (κ3) is 4.38. The monoisotopic (exact) mass is 332 g/mol. The number of urea groups is 1. The summed E-state index contributed by atoms with van der Waals surface area (Å²) < 4.78 is 24.1. The van der Waals surface area contributed by atoms with E-state index < -0.39 is 6.03 Å². The maximum atomic E-state index is 13.5. The van der Waals surface area contributed by atoms with Gasteiger partial charge in [-0.3, -0.25) is 0 Å². The number of carbonyl (C=O) groups is 1. The number of nitrogens with one attached hydrogen (secondary N) is 2. The zero-order chi connectivity index (χ0) is 17.5. The molecule has 2 aromatic carbocycles. The number of amides is 2. The van der Waals surface area contributed by atoms with Crippen molar-refractivity contribution in [1.29, 1.82) is 0 Å². The molecule has 0 saturated heterocycles. The minimum Gasteiger partial charge on any atom is -0.497 e. The average Bonchev–Trinajstić information content (AvgIpc) is 2.60. The number of hydrogen-bond acceptors (Lipinski definition) is 3. The molecule has 2 N–H and O–H groups in total. The summed E-state index contributed by atoms with van der Waals surface area (Å²) in [6.45, 7) is 1.94. The van der Waals surface area contributed by atoms with E-state index in [9.17, 15) is 9.18 Å². The van der Waals surface area contributed by atoms with Crippen LogP contribution in [0.3, 0.4) is 0 Å². The molecule has 2 amide bonds. The van der Waals surface area contributed by atoms with Gasteiger partial charge in [0.2, 0.25) is 0 Å². The Morgan fingerprint density at radius 1 is 1.17 bits per heavy atom. The lowest BCUT2D eigenvalue weighted by molar-refractivity contribution is 0.237. The largest absolute Gasteiger partial charge is 0.497 e. The Morgan fingerprint density at radius 2 is 1.92 bits per heavy atom. The van der Waals surface area contributed by atoms with E-state index >= 15 is 0 Å². The highest BCUT2D eigenvalue weighted by Crippen LogP contribution is 2.29. The number of halogens is 1. The molecule has 1 atom stereocenters. The predicted octanol–water partition coefficient (Wildman–Crippen LogP) is 3.40. The van der Waals surface area contributed by atoms with Crippen LogP contribution in [-0.2, 0) is 6.54 Å². The first-order chi connectivity index (χ1) is 11.5. The molecule has 0 aliphatic heterocycles. The molecule has 0 aliphatic carbocycles. The van der Waals surface area contributed by atoms with E-state index in [0.29, 0.717) is 17.1 Å². The fourth-order valence-corrected chi connectivity index (χ4v) is 2.32. The average molecular weight is 332 g/mol. The lowest BCUT2D eigenvalue weighted by Gasteiger charge is -2.18. The third-order valence-corrected chi connectivity index (χ3v) is 3.65. The molecule has 0 saturated carbocycles. The van der Waals surface area contributed by atoms with Crippen LogP contribution in [0.4, 0.5) is 9.18 Å². The molecule has 0 spiro atoms. The van der Waals surface area contributed by atoms with Gasteiger partial charge < -0.3 is 20.1 Å². The number of hydrogen-bond donors (Lipinski definition) is 2. The summed E-state index contributed by atoms with van der Waals surface area (Å²) in [6.07, 6.45) is 0. The topological polar surface area (TPSA) is 59.6 Å². The SMILES string of the molecule is COc1ccc(OC)c(C(C)NC(=O)NCc2ccccc2F)c1. The van der Waals surface area contributed by atoms with Crippen molar-refractivity contribution in [2.45, 2.75) is 19.5 Å². The van der Waals surface area contributed by atoms with Gasteiger partial charge >= 0.3 is 6.03 Å². The normalized spacial score (nSPS) is 11.5. The highest BCUT2D eigenvalue weighted by Gasteiger charge is 2.15. The van der Waals surface area contributed by atoms with Gasteiger partial charge in [-0.2, -0.15) is 0 Å². The minimum atomic E-state index is -0.393. The number of ether oxygens (including phenoxy) is 2. The molecular formula is C18H21FN2O3. The standard InChI is InChI=1S/C18H21FN2O3/c1-12(15-10-14(23-2)8-9-17(15)24-3)21-18(22)20-11-13-6-4-5-7-16(13)19/h4-10,12H,11H2,1-3H3,(H2,20,21,22). The van der Waals surface area contributed by atoms with E-state index in [2.05, 4.69) is 10.6 Å². The zero-order valence-corrected chi connectivity index (χ0v) is 13.9. The molecule has 0 aromatic heterocycles. The molecule has 1 unspecified atom stereocenters. The first kappa shape index (κ1) is 17.6. The minimum absolute atomic E-state index is 0.112. The van der Waals surface area contributed by atoms with Crippen molar-refractivity contribution in [3.8, 4) is 11.5 Å². The summed E-state index contributed by atoms with van der Waals surface area (Å²) in [6, 6.07) is 11.0. The van der Waals surface area contributed by atoms with E-state index in [1.165, 1.54) is 6.07 Å². The lowest BCUT2D eigenvalue weighted by Crippen LogP contribution is -2.36. The Morgan fingerprint density at radius 3 is 2.58 bits per heavy atom. The molecule has 0 aliphatic rings. The van der Waals surface area contributed by atoms with E-state index in [1.54, 1.807) is 50.6 Å².